The molecule has 0 aliphatic rings. The van der Waals surface area contributed by atoms with Crippen LogP contribution in [0.4, 0.5) is 14.5 Å². The van der Waals surface area contributed by atoms with Crippen molar-refractivity contribution in [2.75, 3.05) is 12.4 Å². The third-order valence-corrected chi connectivity index (χ3v) is 2.70. The number of rotatable bonds is 6. The maximum Gasteiger partial charge on any atom is 0.387 e. The highest BCUT2D eigenvalue weighted by molar-refractivity contribution is 5.59. The van der Waals surface area contributed by atoms with Crippen molar-refractivity contribution in [2.24, 2.45) is 0 Å². The molecule has 1 N–H and O–H groups in total. The molecule has 0 aliphatic carbocycles. The lowest BCUT2D eigenvalue weighted by Gasteiger charge is -2.14. The Kier molecular flexibility index (Phi) is 4.86. The zero-order chi connectivity index (χ0) is 15.2. The van der Waals surface area contributed by atoms with E-state index in [1.807, 2.05) is 0 Å². The Bertz CT molecular complexity index is 609. The van der Waals surface area contributed by atoms with Gasteiger partial charge in [0.1, 0.15) is 17.3 Å². The van der Waals surface area contributed by atoms with Crippen LogP contribution in [0.3, 0.4) is 0 Å². The minimum Gasteiger partial charge on any atom is -0.497 e. The van der Waals surface area contributed by atoms with Gasteiger partial charge in [0.2, 0.25) is 0 Å². The number of nitrogens with one attached hydrogen (secondary N) is 1. The summed E-state index contributed by atoms with van der Waals surface area (Å²) >= 11 is 0. The third kappa shape index (κ3) is 4.27. The Balaban J connectivity index is 2.16. The van der Waals surface area contributed by atoms with Gasteiger partial charge in [0.15, 0.2) is 0 Å². The molecule has 0 spiro atoms. The fraction of sp³-hybridized carbons (Fsp3) is 0.286. The molecule has 0 aliphatic heterocycles. The molecule has 0 atom stereocenters. The number of methoxy groups -OCH3 is 1. The second kappa shape index (κ2) is 6.83. The van der Waals surface area contributed by atoms with Crippen LogP contribution in [0, 0.1) is 6.92 Å². The van der Waals surface area contributed by atoms with Gasteiger partial charge in [0.05, 0.1) is 25.0 Å². The molecule has 112 valence electrons. The number of benzene rings is 1. The molecule has 2 aromatic rings. The first-order valence-corrected chi connectivity index (χ1v) is 6.23. The number of aromatic nitrogens is 2. The van der Waals surface area contributed by atoms with Crippen molar-refractivity contribution in [2.45, 2.75) is 20.1 Å². The molecule has 1 heterocycles. The molecule has 7 heteroatoms. The minimum absolute atomic E-state index is 0.0524. The van der Waals surface area contributed by atoms with Gasteiger partial charge >= 0.3 is 6.61 Å². The summed E-state index contributed by atoms with van der Waals surface area (Å²) < 4.78 is 34.3. The maximum absolute atomic E-state index is 12.4. The van der Waals surface area contributed by atoms with E-state index >= 15 is 0 Å². The van der Waals surface area contributed by atoms with E-state index in [-0.39, 0.29) is 5.75 Å². The quantitative estimate of drug-likeness (QED) is 0.887. The predicted molar refractivity (Wildman–Crippen MR) is 73.7 cm³/mol. The highest BCUT2D eigenvalue weighted by Crippen LogP contribution is 2.30. The van der Waals surface area contributed by atoms with Crippen LogP contribution in [0.1, 0.15) is 11.5 Å². The average Bonchev–Trinajstić information content (AvgIpc) is 2.46. The summed E-state index contributed by atoms with van der Waals surface area (Å²) in [4.78, 5) is 8.22. The van der Waals surface area contributed by atoms with E-state index in [4.69, 9.17) is 4.74 Å². The SMILES string of the molecule is COc1ccc(OC(F)F)c(NCc2ccnc(C)n2)c1. The molecular weight excluding hydrogens is 280 g/mol. The van der Waals surface area contributed by atoms with Crippen LogP contribution < -0.4 is 14.8 Å². The van der Waals surface area contributed by atoms with Gasteiger partial charge in [0.25, 0.3) is 0 Å². The second-order valence-corrected chi connectivity index (χ2v) is 4.19. The van der Waals surface area contributed by atoms with Crippen LogP contribution in [-0.4, -0.2) is 23.7 Å². The van der Waals surface area contributed by atoms with E-state index in [9.17, 15) is 8.78 Å². The van der Waals surface area contributed by atoms with Crippen LogP contribution in [-0.2, 0) is 6.54 Å². The van der Waals surface area contributed by atoms with Crippen LogP contribution in [0.5, 0.6) is 11.5 Å². The minimum atomic E-state index is -2.89. The highest BCUT2D eigenvalue weighted by atomic mass is 19.3. The molecular formula is C14H15F2N3O2. The maximum atomic E-state index is 12.4. The van der Waals surface area contributed by atoms with Gasteiger partial charge in [-0.05, 0) is 25.1 Å². The monoisotopic (exact) mass is 295 g/mol. The number of aryl methyl sites for hydroxylation is 1. The molecule has 0 saturated heterocycles. The number of hydrogen-bond acceptors (Lipinski definition) is 5. The van der Waals surface area contributed by atoms with Crippen LogP contribution >= 0.6 is 0 Å². The first-order chi connectivity index (χ1) is 10.1. The lowest BCUT2D eigenvalue weighted by atomic mass is 10.2. The van der Waals surface area contributed by atoms with Crippen molar-refractivity contribution in [1.29, 1.82) is 0 Å². The molecule has 0 amide bonds. The number of nitrogens with zero attached hydrogens (tertiary/aromatic N) is 2. The van der Waals surface area contributed by atoms with Gasteiger partial charge in [0, 0.05) is 12.3 Å². The standard InChI is InChI=1S/C14H15F2N3O2/c1-9-17-6-5-10(19-9)8-18-12-7-11(20-2)3-4-13(12)21-14(15)16/h3-7,14,18H,8H2,1-2H3. The molecule has 0 saturated carbocycles. The highest BCUT2D eigenvalue weighted by Gasteiger charge is 2.11. The van der Waals surface area contributed by atoms with E-state index in [0.717, 1.165) is 5.69 Å². The topological polar surface area (TPSA) is 56.3 Å². The van der Waals surface area contributed by atoms with Crippen molar-refractivity contribution in [3.05, 3.63) is 42.0 Å². The van der Waals surface area contributed by atoms with Crippen molar-refractivity contribution < 1.29 is 18.3 Å². The lowest BCUT2D eigenvalue weighted by molar-refractivity contribution is -0.0494. The van der Waals surface area contributed by atoms with E-state index in [1.54, 1.807) is 31.3 Å². The smallest absolute Gasteiger partial charge is 0.387 e. The Morgan fingerprint density at radius 1 is 1.29 bits per heavy atom. The fourth-order valence-electron chi connectivity index (χ4n) is 1.76. The molecule has 1 aromatic carbocycles. The molecule has 2 rings (SSSR count). The Morgan fingerprint density at radius 2 is 2.10 bits per heavy atom. The number of ether oxygens (including phenoxy) is 2. The zero-order valence-corrected chi connectivity index (χ0v) is 11.6. The van der Waals surface area contributed by atoms with Crippen LogP contribution in [0.2, 0.25) is 0 Å². The van der Waals surface area contributed by atoms with Crippen molar-refractivity contribution in [3.63, 3.8) is 0 Å². The van der Waals surface area contributed by atoms with Gasteiger partial charge in [-0.3, -0.25) is 0 Å². The summed E-state index contributed by atoms with van der Waals surface area (Å²) in [5.74, 6) is 1.23. The predicted octanol–water partition coefficient (Wildman–Crippen LogP) is 3.01. The Labute approximate surface area is 120 Å². The van der Waals surface area contributed by atoms with Gasteiger partial charge in [-0.1, -0.05) is 0 Å². The van der Waals surface area contributed by atoms with Crippen LogP contribution in [0.25, 0.3) is 0 Å². The number of halogens is 2. The van der Waals surface area contributed by atoms with E-state index in [1.165, 1.54) is 13.2 Å². The molecule has 0 radical (unpaired) electrons. The lowest BCUT2D eigenvalue weighted by Crippen LogP contribution is -2.08. The van der Waals surface area contributed by atoms with Gasteiger partial charge in [-0.25, -0.2) is 9.97 Å². The molecule has 0 bridgehead atoms. The second-order valence-electron chi connectivity index (χ2n) is 4.19. The summed E-state index contributed by atoms with van der Waals surface area (Å²) in [6.45, 7) is -0.753. The number of hydrogen-bond donors (Lipinski definition) is 1. The van der Waals surface area contributed by atoms with Crippen molar-refractivity contribution in [3.8, 4) is 11.5 Å². The molecule has 5 nitrogen and oxygen atoms in total. The molecule has 1 aromatic heterocycles. The molecule has 21 heavy (non-hydrogen) atoms. The Morgan fingerprint density at radius 3 is 2.76 bits per heavy atom. The van der Waals surface area contributed by atoms with Gasteiger partial charge < -0.3 is 14.8 Å². The van der Waals surface area contributed by atoms with E-state index in [2.05, 4.69) is 20.0 Å². The summed E-state index contributed by atoms with van der Waals surface area (Å²) in [6, 6.07) is 6.32. The number of alkyl halides is 2. The van der Waals surface area contributed by atoms with Crippen molar-refractivity contribution >= 4 is 5.69 Å². The summed E-state index contributed by atoms with van der Waals surface area (Å²) in [5, 5.41) is 3.01. The normalized spacial score (nSPS) is 10.5. The first kappa shape index (κ1) is 15.0. The first-order valence-electron chi connectivity index (χ1n) is 6.23. The van der Waals surface area contributed by atoms with E-state index < -0.39 is 6.61 Å². The fourth-order valence-corrected chi connectivity index (χ4v) is 1.76. The Hall–Kier alpha value is -2.44. The summed E-state index contributed by atoms with van der Waals surface area (Å²) in [7, 11) is 1.50. The third-order valence-electron chi connectivity index (χ3n) is 2.70. The average molecular weight is 295 g/mol. The number of anilines is 1. The van der Waals surface area contributed by atoms with Crippen LogP contribution in [0.15, 0.2) is 30.5 Å². The molecule has 0 unspecified atom stereocenters. The summed E-state index contributed by atoms with van der Waals surface area (Å²) in [6.07, 6.45) is 1.64. The zero-order valence-electron chi connectivity index (χ0n) is 11.6. The summed E-state index contributed by atoms with van der Waals surface area (Å²) in [5.41, 5.74) is 1.15. The molecule has 0 fully saturated rings. The van der Waals surface area contributed by atoms with E-state index in [0.29, 0.717) is 23.8 Å². The van der Waals surface area contributed by atoms with Gasteiger partial charge in [-0.2, -0.15) is 8.78 Å². The van der Waals surface area contributed by atoms with Gasteiger partial charge in [-0.15, -0.1) is 0 Å². The van der Waals surface area contributed by atoms with Crippen molar-refractivity contribution in [1.82, 2.24) is 9.97 Å². The largest absolute Gasteiger partial charge is 0.497 e.